The van der Waals surface area contributed by atoms with Gasteiger partial charge >= 0.3 is 5.97 Å². The van der Waals surface area contributed by atoms with Gasteiger partial charge in [0.15, 0.2) is 0 Å². The monoisotopic (exact) mass is 298 g/mol. The molecule has 0 aliphatic carbocycles. The van der Waals surface area contributed by atoms with Crippen molar-refractivity contribution in [3.8, 4) is 0 Å². The third-order valence-corrected chi connectivity index (χ3v) is 3.90. The molecule has 21 heavy (non-hydrogen) atoms. The Bertz CT molecular complexity index is 372. The number of esters is 1. The molecule has 1 aliphatic rings. The number of carbonyl (C=O) groups is 2. The van der Waals surface area contributed by atoms with Gasteiger partial charge in [0.2, 0.25) is 5.91 Å². The molecule has 122 valence electrons. The number of likely N-dealkylation sites (tertiary alicyclic amines) is 1. The lowest BCUT2D eigenvalue weighted by Crippen LogP contribution is -2.51. The molecule has 0 bridgehead atoms. The number of likely N-dealkylation sites (N-methyl/N-ethyl adjacent to an activating group) is 1. The van der Waals surface area contributed by atoms with Crippen LogP contribution in [0.1, 0.15) is 54.4 Å². The van der Waals surface area contributed by atoms with Crippen molar-refractivity contribution in [2.75, 3.05) is 19.6 Å². The fourth-order valence-corrected chi connectivity index (χ4v) is 2.82. The second kappa shape index (κ2) is 7.25. The van der Waals surface area contributed by atoms with Crippen molar-refractivity contribution in [3.05, 3.63) is 0 Å². The summed E-state index contributed by atoms with van der Waals surface area (Å²) in [4.78, 5) is 28.6. The SMILES string of the molecule is CCN(CC)C(=O)C(C)N1CCC[C@H]1C(=O)OC(C)(C)C. The van der Waals surface area contributed by atoms with Gasteiger partial charge in [0.05, 0.1) is 6.04 Å². The summed E-state index contributed by atoms with van der Waals surface area (Å²) in [7, 11) is 0. The molecular weight excluding hydrogens is 268 g/mol. The molecule has 1 amide bonds. The largest absolute Gasteiger partial charge is 0.459 e. The molecule has 1 aliphatic heterocycles. The summed E-state index contributed by atoms with van der Waals surface area (Å²) in [6.45, 7) is 13.6. The topological polar surface area (TPSA) is 49.9 Å². The Balaban J connectivity index is 2.76. The predicted molar refractivity (Wildman–Crippen MR) is 83.0 cm³/mol. The number of amides is 1. The molecule has 0 radical (unpaired) electrons. The first-order valence-corrected chi connectivity index (χ1v) is 7.98. The van der Waals surface area contributed by atoms with E-state index in [1.807, 2.05) is 51.3 Å². The third-order valence-electron chi connectivity index (χ3n) is 3.90. The van der Waals surface area contributed by atoms with Crippen LogP contribution in [-0.2, 0) is 14.3 Å². The van der Waals surface area contributed by atoms with E-state index in [-0.39, 0.29) is 24.0 Å². The van der Waals surface area contributed by atoms with E-state index >= 15 is 0 Å². The molecular formula is C16H30N2O3. The van der Waals surface area contributed by atoms with Crippen molar-refractivity contribution in [2.45, 2.75) is 72.1 Å². The normalized spacial score (nSPS) is 21.1. The highest BCUT2D eigenvalue weighted by Crippen LogP contribution is 2.24. The minimum absolute atomic E-state index is 0.0930. The Kier molecular flexibility index (Phi) is 6.20. The Morgan fingerprint density at radius 3 is 2.33 bits per heavy atom. The van der Waals surface area contributed by atoms with Crippen molar-refractivity contribution in [3.63, 3.8) is 0 Å². The summed E-state index contributed by atoms with van der Waals surface area (Å²) in [5.74, 6) is -0.116. The Morgan fingerprint density at radius 1 is 1.29 bits per heavy atom. The molecule has 5 nitrogen and oxygen atoms in total. The quantitative estimate of drug-likeness (QED) is 0.729. The van der Waals surface area contributed by atoms with Gasteiger partial charge in [0, 0.05) is 13.1 Å². The highest BCUT2D eigenvalue weighted by Gasteiger charge is 2.39. The van der Waals surface area contributed by atoms with Gasteiger partial charge in [0.1, 0.15) is 11.6 Å². The molecule has 0 aromatic rings. The molecule has 1 heterocycles. The van der Waals surface area contributed by atoms with E-state index in [0.29, 0.717) is 13.1 Å². The number of nitrogens with zero attached hydrogens (tertiary/aromatic N) is 2. The van der Waals surface area contributed by atoms with Crippen molar-refractivity contribution in [2.24, 2.45) is 0 Å². The van der Waals surface area contributed by atoms with Crippen molar-refractivity contribution in [1.29, 1.82) is 0 Å². The first-order valence-electron chi connectivity index (χ1n) is 7.98. The van der Waals surface area contributed by atoms with Crippen LogP contribution in [0.25, 0.3) is 0 Å². The van der Waals surface area contributed by atoms with Crippen LogP contribution < -0.4 is 0 Å². The number of hydrogen-bond donors (Lipinski definition) is 0. The zero-order valence-corrected chi connectivity index (χ0v) is 14.3. The molecule has 1 unspecified atom stereocenters. The number of hydrogen-bond acceptors (Lipinski definition) is 4. The lowest BCUT2D eigenvalue weighted by Gasteiger charge is -2.33. The lowest BCUT2D eigenvalue weighted by atomic mass is 10.1. The standard InChI is InChI=1S/C16H30N2O3/c1-7-17(8-2)14(19)12(3)18-11-9-10-13(18)15(20)21-16(4,5)6/h12-13H,7-11H2,1-6H3/t12?,13-/m0/s1. The molecule has 0 aromatic carbocycles. The fourth-order valence-electron chi connectivity index (χ4n) is 2.82. The average molecular weight is 298 g/mol. The van der Waals surface area contributed by atoms with E-state index in [2.05, 4.69) is 0 Å². The Labute approximate surface area is 128 Å². The van der Waals surface area contributed by atoms with E-state index in [4.69, 9.17) is 4.74 Å². The molecule has 1 saturated heterocycles. The van der Waals surface area contributed by atoms with Gasteiger partial charge in [-0.15, -0.1) is 0 Å². The van der Waals surface area contributed by atoms with Crippen molar-refractivity contribution < 1.29 is 14.3 Å². The number of ether oxygens (including phenoxy) is 1. The minimum Gasteiger partial charge on any atom is -0.459 e. The van der Waals surface area contributed by atoms with Gasteiger partial charge in [-0.05, 0) is 60.9 Å². The summed E-state index contributed by atoms with van der Waals surface area (Å²) in [5.41, 5.74) is -0.489. The van der Waals surface area contributed by atoms with Crippen LogP contribution in [0.5, 0.6) is 0 Å². The van der Waals surface area contributed by atoms with Gasteiger partial charge in [-0.3, -0.25) is 14.5 Å². The van der Waals surface area contributed by atoms with Gasteiger partial charge in [-0.2, -0.15) is 0 Å². The second-order valence-electron chi connectivity index (χ2n) is 6.62. The molecule has 0 spiro atoms. The molecule has 0 aromatic heterocycles. The number of rotatable bonds is 5. The molecule has 2 atom stereocenters. The zero-order chi connectivity index (χ0) is 16.2. The van der Waals surface area contributed by atoms with Crippen LogP contribution in [0.3, 0.4) is 0 Å². The van der Waals surface area contributed by atoms with Crippen LogP contribution >= 0.6 is 0 Å². The van der Waals surface area contributed by atoms with Gasteiger partial charge in [-0.25, -0.2) is 0 Å². The van der Waals surface area contributed by atoms with E-state index < -0.39 is 5.60 Å². The van der Waals surface area contributed by atoms with Crippen LogP contribution in [0.2, 0.25) is 0 Å². The summed E-state index contributed by atoms with van der Waals surface area (Å²) in [6.07, 6.45) is 1.70. The van der Waals surface area contributed by atoms with Crippen molar-refractivity contribution >= 4 is 11.9 Å². The van der Waals surface area contributed by atoms with E-state index in [1.54, 1.807) is 0 Å². The summed E-state index contributed by atoms with van der Waals surface area (Å²) in [6, 6.07) is -0.566. The van der Waals surface area contributed by atoms with E-state index in [1.165, 1.54) is 0 Å². The maximum atomic E-state index is 12.5. The molecule has 5 heteroatoms. The third kappa shape index (κ3) is 4.70. The second-order valence-corrected chi connectivity index (χ2v) is 6.62. The first-order chi connectivity index (χ1) is 9.71. The Hall–Kier alpha value is -1.10. The van der Waals surface area contributed by atoms with Crippen LogP contribution in [0, 0.1) is 0 Å². The lowest BCUT2D eigenvalue weighted by molar-refractivity contribution is -0.161. The highest BCUT2D eigenvalue weighted by atomic mass is 16.6. The molecule has 0 saturated carbocycles. The predicted octanol–water partition coefficient (Wildman–Crippen LogP) is 2.05. The van der Waals surface area contributed by atoms with E-state index in [0.717, 1.165) is 19.4 Å². The van der Waals surface area contributed by atoms with Gasteiger partial charge in [0.25, 0.3) is 0 Å². The summed E-state index contributed by atoms with van der Waals surface area (Å²) in [5, 5.41) is 0. The zero-order valence-electron chi connectivity index (χ0n) is 14.3. The van der Waals surface area contributed by atoms with Crippen molar-refractivity contribution in [1.82, 2.24) is 9.80 Å². The fraction of sp³-hybridized carbons (Fsp3) is 0.875. The van der Waals surface area contributed by atoms with E-state index in [9.17, 15) is 9.59 Å². The maximum Gasteiger partial charge on any atom is 0.323 e. The highest BCUT2D eigenvalue weighted by molar-refractivity contribution is 5.83. The maximum absolute atomic E-state index is 12.5. The smallest absolute Gasteiger partial charge is 0.323 e. The van der Waals surface area contributed by atoms with Gasteiger partial charge in [-0.1, -0.05) is 0 Å². The molecule has 1 rings (SSSR count). The Morgan fingerprint density at radius 2 is 1.86 bits per heavy atom. The van der Waals surface area contributed by atoms with Crippen LogP contribution in [0.15, 0.2) is 0 Å². The van der Waals surface area contributed by atoms with Crippen LogP contribution in [-0.4, -0.2) is 59.0 Å². The first kappa shape index (κ1) is 18.0. The average Bonchev–Trinajstić information content (AvgIpc) is 2.86. The molecule has 0 N–H and O–H groups in total. The summed E-state index contributed by atoms with van der Waals surface area (Å²) >= 11 is 0. The molecule has 1 fully saturated rings. The summed E-state index contributed by atoms with van der Waals surface area (Å²) < 4.78 is 5.49. The number of carbonyl (C=O) groups excluding carboxylic acids is 2. The van der Waals surface area contributed by atoms with Crippen LogP contribution in [0.4, 0.5) is 0 Å². The van der Waals surface area contributed by atoms with Gasteiger partial charge < -0.3 is 9.64 Å². The minimum atomic E-state index is -0.489.